The molecule has 7 nitrogen and oxygen atoms in total. The van der Waals surface area contributed by atoms with E-state index < -0.39 is 0 Å². The van der Waals surface area contributed by atoms with Gasteiger partial charge in [-0.25, -0.2) is 4.98 Å². The zero-order valence-corrected chi connectivity index (χ0v) is 16.4. The van der Waals surface area contributed by atoms with Gasteiger partial charge in [0.15, 0.2) is 12.4 Å². The fraction of sp³-hybridized carbons (Fsp3) is 0.316. The molecule has 3 heterocycles. The molecule has 1 aromatic heterocycles. The summed E-state index contributed by atoms with van der Waals surface area (Å²) in [5.74, 6) is 0.706. The molecule has 0 spiro atoms. The number of nitrogens with zero attached hydrogens (tertiary/aromatic N) is 2. The summed E-state index contributed by atoms with van der Waals surface area (Å²) in [5.41, 5.74) is 0.980. The van der Waals surface area contributed by atoms with Gasteiger partial charge in [0.1, 0.15) is 5.82 Å². The second-order valence-corrected chi connectivity index (χ2v) is 7.55. The van der Waals surface area contributed by atoms with Crippen molar-refractivity contribution in [1.29, 1.82) is 0 Å². The van der Waals surface area contributed by atoms with Crippen LogP contribution in [0.25, 0.3) is 0 Å². The van der Waals surface area contributed by atoms with Crippen molar-refractivity contribution in [2.24, 2.45) is 5.92 Å². The van der Waals surface area contributed by atoms with Crippen molar-refractivity contribution in [2.45, 2.75) is 12.8 Å². The summed E-state index contributed by atoms with van der Waals surface area (Å²) >= 11 is 12.4. The Morgan fingerprint density at radius 3 is 2.79 bits per heavy atom. The normalized spacial score (nSPS) is 16.8. The monoisotopic (exact) mass is 420 g/mol. The third kappa shape index (κ3) is 3.86. The number of amides is 2. The van der Waals surface area contributed by atoms with E-state index >= 15 is 0 Å². The average Bonchev–Trinajstić information content (AvgIpc) is 2.68. The van der Waals surface area contributed by atoms with Crippen LogP contribution in [0, 0.1) is 5.92 Å². The summed E-state index contributed by atoms with van der Waals surface area (Å²) in [6.45, 7) is 1.32. The largest absolute Gasteiger partial charge is 0.480 e. The summed E-state index contributed by atoms with van der Waals surface area (Å²) in [4.78, 5) is 30.6. The fourth-order valence-electron chi connectivity index (χ4n) is 3.44. The van der Waals surface area contributed by atoms with Crippen LogP contribution in [0.15, 0.2) is 30.5 Å². The number of aromatic nitrogens is 1. The number of hydrogen-bond acceptors (Lipinski definition) is 5. The van der Waals surface area contributed by atoms with E-state index in [-0.39, 0.29) is 24.3 Å². The topological polar surface area (TPSA) is 83.6 Å². The highest BCUT2D eigenvalue weighted by atomic mass is 35.5. The molecule has 2 N–H and O–H groups in total. The van der Waals surface area contributed by atoms with E-state index in [1.54, 1.807) is 24.4 Å². The van der Waals surface area contributed by atoms with Gasteiger partial charge in [0.25, 0.3) is 5.91 Å². The van der Waals surface area contributed by atoms with E-state index in [1.807, 2.05) is 6.07 Å². The van der Waals surface area contributed by atoms with Crippen molar-refractivity contribution in [3.63, 3.8) is 0 Å². The predicted molar refractivity (Wildman–Crippen MR) is 108 cm³/mol. The minimum atomic E-state index is -0.257. The van der Waals surface area contributed by atoms with E-state index in [9.17, 15) is 9.59 Å². The number of benzene rings is 1. The molecule has 1 aromatic carbocycles. The van der Waals surface area contributed by atoms with Crippen molar-refractivity contribution in [3.8, 4) is 5.75 Å². The zero-order chi connectivity index (χ0) is 19.7. The van der Waals surface area contributed by atoms with Crippen molar-refractivity contribution in [2.75, 3.05) is 35.2 Å². The molecular weight excluding hydrogens is 403 g/mol. The lowest BCUT2D eigenvalue weighted by atomic mass is 9.95. The van der Waals surface area contributed by atoms with Gasteiger partial charge in [-0.15, -0.1) is 0 Å². The number of halogens is 2. The molecule has 0 radical (unpaired) electrons. The molecule has 4 rings (SSSR count). The lowest BCUT2D eigenvalue weighted by molar-refractivity contribution is -0.120. The van der Waals surface area contributed by atoms with E-state index in [0.717, 1.165) is 5.82 Å². The Kier molecular flexibility index (Phi) is 5.28. The van der Waals surface area contributed by atoms with Gasteiger partial charge < -0.3 is 20.3 Å². The van der Waals surface area contributed by atoms with Crippen LogP contribution in [0.2, 0.25) is 10.0 Å². The first kappa shape index (κ1) is 18.8. The number of nitrogens with one attached hydrogen (secondary N) is 2. The van der Waals surface area contributed by atoms with E-state index in [0.29, 0.717) is 53.1 Å². The Labute approximate surface area is 172 Å². The first-order valence-electron chi connectivity index (χ1n) is 8.94. The average molecular weight is 421 g/mol. The first-order valence-corrected chi connectivity index (χ1v) is 9.69. The summed E-state index contributed by atoms with van der Waals surface area (Å²) in [5, 5.41) is 6.54. The van der Waals surface area contributed by atoms with Gasteiger partial charge in [-0.3, -0.25) is 9.59 Å². The molecule has 146 valence electrons. The number of carbonyl (C=O) groups is 2. The minimum absolute atomic E-state index is 0.0721. The lowest BCUT2D eigenvalue weighted by Gasteiger charge is -2.32. The van der Waals surface area contributed by atoms with Gasteiger partial charge in [0.2, 0.25) is 5.91 Å². The molecule has 28 heavy (non-hydrogen) atoms. The van der Waals surface area contributed by atoms with Crippen molar-refractivity contribution < 1.29 is 14.3 Å². The Morgan fingerprint density at radius 1 is 1.25 bits per heavy atom. The van der Waals surface area contributed by atoms with Gasteiger partial charge >= 0.3 is 0 Å². The maximum atomic E-state index is 12.7. The van der Waals surface area contributed by atoms with Crippen molar-refractivity contribution in [3.05, 3.63) is 40.5 Å². The molecule has 2 aliphatic rings. The molecule has 0 saturated carbocycles. The molecule has 1 saturated heterocycles. The second-order valence-electron chi connectivity index (χ2n) is 6.73. The Hall–Kier alpha value is -2.51. The van der Waals surface area contributed by atoms with Crippen LogP contribution in [0.4, 0.5) is 17.2 Å². The number of rotatable bonds is 3. The van der Waals surface area contributed by atoms with Gasteiger partial charge in [-0.1, -0.05) is 23.2 Å². The molecule has 0 unspecified atom stereocenters. The molecule has 0 atom stereocenters. The molecule has 9 heteroatoms. The molecular formula is C19H18Cl2N4O3. The Bertz CT molecular complexity index is 929. The maximum absolute atomic E-state index is 12.7. The third-order valence-electron chi connectivity index (χ3n) is 4.84. The highest BCUT2D eigenvalue weighted by Gasteiger charge is 2.27. The number of fused-ring (bicyclic) bond motifs is 1. The van der Waals surface area contributed by atoms with Crippen LogP contribution < -0.4 is 20.3 Å². The fourth-order valence-corrected chi connectivity index (χ4v) is 3.95. The van der Waals surface area contributed by atoms with E-state index in [2.05, 4.69) is 20.5 Å². The minimum Gasteiger partial charge on any atom is -0.480 e. The van der Waals surface area contributed by atoms with Crippen LogP contribution in [0.5, 0.6) is 5.75 Å². The van der Waals surface area contributed by atoms with E-state index in [1.165, 1.54) is 0 Å². The third-order valence-corrected chi connectivity index (χ3v) is 5.41. The van der Waals surface area contributed by atoms with Crippen LogP contribution in [-0.4, -0.2) is 36.5 Å². The number of carbonyl (C=O) groups excluding carboxylic acids is 2. The lowest BCUT2D eigenvalue weighted by Crippen LogP contribution is -2.38. The summed E-state index contributed by atoms with van der Waals surface area (Å²) < 4.78 is 5.33. The van der Waals surface area contributed by atoms with Gasteiger partial charge in [0.05, 0.1) is 15.7 Å². The van der Waals surface area contributed by atoms with Crippen LogP contribution in [0.1, 0.15) is 12.8 Å². The first-order chi connectivity index (χ1) is 13.5. The van der Waals surface area contributed by atoms with Gasteiger partial charge in [-0.2, -0.15) is 0 Å². The van der Waals surface area contributed by atoms with Gasteiger partial charge in [-0.05, 0) is 37.1 Å². The summed E-state index contributed by atoms with van der Waals surface area (Å²) in [6, 6.07) is 6.88. The SMILES string of the molecule is O=C1COc2c(Cl)cc(NC(=O)C3CCN(c4ncccc4Cl)CC3)cc2N1. The van der Waals surface area contributed by atoms with E-state index in [4.69, 9.17) is 27.9 Å². The molecule has 1 fully saturated rings. The summed E-state index contributed by atoms with van der Waals surface area (Å²) in [7, 11) is 0. The summed E-state index contributed by atoms with van der Waals surface area (Å²) in [6.07, 6.45) is 3.09. The van der Waals surface area contributed by atoms with Crippen LogP contribution in [0.3, 0.4) is 0 Å². The number of hydrogen-bond donors (Lipinski definition) is 2. The number of pyridine rings is 1. The Morgan fingerprint density at radius 2 is 2.04 bits per heavy atom. The van der Waals surface area contributed by atoms with Crippen LogP contribution in [-0.2, 0) is 9.59 Å². The highest BCUT2D eigenvalue weighted by Crippen LogP contribution is 2.38. The molecule has 0 bridgehead atoms. The molecule has 2 aromatic rings. The zero-order valence-electron chi connectivity index (χ0n) is 14.9. The van der Waals surface area contributed by atoms with Crippen molar-refractivity contribution in [1.82, 2.24) is 4.98 Å². The predicted octanol–water partition coefficient (Wildman–Crippen LogP) is 3.57. The second kappa shape index (κ2) is 7.85. The Balaban J connectivity index is 1.40. The number of ether oxygens (including phenoxy) is 1. The molecule has 0 aliphatic carbocycles. The standard InChI is InChI=1S/C19H18Cl2N4O3/c20-13-2-1-5-22-18(13)25-6-3-11(4-7-25)19(27)23-12-8-14(21)17-15(9-12)24-16(26)10-28-17/h1-2,5,8-9,11H,3-4,6-7,10H2,(H,23,27)(H,24,26). The highest BCUT2D eigenvalue weighted by molar-refractivity contribution is 6.33. The number of anilines is 3. The maximum Gasteiger partial charge on any atom is 0.262 e. The van der Waals surface area contributed by atoms with Crippen molar-refractivity contribution >= 4 is 52.2 Å². The molecule has 2 amide bonds. The van der Waals surface area contributed by atoms with Gasteiger partial charge in [0, 0.05) is 30.9 Å². The quantitative estimate of drug-likeness (QED) is 0.792. The smallest absolute Gasteiger partial charge is 0.262 e. The molecule has 2 aliphatic heterocycles. The number of piperidine rings is 1. The van der Waals surface area contributed by atoms with Crippen LogP contribution >= 0.6 is 23.2 Å².